The summed E-state index contributed by atoms with van der Waals surface area (Å²) in [7, 11) is -0.983. The van der Waals surface area contributed by atoms with Crippen LogP contribution in [0.2, 0.25) is 0 Å². The average molecular weight is 545 g/mol. The summed E-state index contributed by atoms with van der Waals surface area (Å²) in [5.74, 6) is 0.455. The van der Waals surface area contributed by atoms with Crippen molar-refractivity contribution in [1.29, 1.82) is 0 Å². The molecule has 3 aromatic rings. The normalized spacial score (nSPS) is 21.9. The Morgan fingerprint density at radius 1 is 0.974 bits per heavy atom. The van der Waals surface area contributed by atoms with Crippen molar-refractivity contribution in [2.75, 3.05) is 37.3 Å². The van der Waals surface area contributed by atoms with E-state index in [1.165, 1.54) is 40.9 Å². The van der Waals surface area contributed by atoms with Crippen LogP contribution in [0.5, 0.6) is 0 Å². The number of anilines is 1. The van der Waals surface area contributed by atoms with Crippen LogP contribution < -0.4 is 10.2 Å². The van der Waals surface area contributed by atoms with Crippen molar-refractivity contribution < 1.29 is 8.42 Å². The summed E-state index contributed by atoms with van der Waals surface area (Å²) in [5.41, 5.74) is 6.87. The molecule has 1 aromatic heterocycles. The first kappa shape index (κ1) is 26.5. The van der Waals surface area contributed by atoms with E-state index in [2.05, 4.69) is 52.5 Å². The molecule has 3 aliphatic rings. The second-order valence-corrected chi connectivity index (χ2v) is 13.7. The number of nitrogens with one attached hydrogen (secondary N) is 1. The van der Waals surface area contributed by atoms with E-state index in [1.54, 1.807) is 24.3 Å². The van der Waals surface area contributed by atoms with E-state index in [9.17, 15) is 8.42 Å². The molecule has 7 heteroatoms. The number of likely N-dealkylation sites (N-methyl/N-ethyl adjacent to an activating group) is 1. The molecule has 3 heterocycles. The standard InChI is InChI=1S/C32H40N4O2S/c1-35(31-14-5-8-25-10-7-17-33-32(25)31)22-27-20-29-26(21-34-27)9-6-13-30(29)36-18-15-24(16-19-36)23-39(37,38)28-11-3-2-4-12-28/h2-4,6-7,9-13,17,24,27,31,34H,5,8,14-16,18-23H2,1H3/t27-,31-/m0/s1. The fourth-order valence-electron chi connectivity index (χ4n) is 6.88. The zero-order valence-corrected chi connectivity index (χ0v) is 23.7. The molecule has 206 valence electrons. The van der Waals surface area contributed by atoms with Gasteiger partial charge in [0.2, 0.25) is 0 Å². The largest absolute Gasteiger partial charge is 0.371 e. The summed E-state index contributed by atoms with van der Waals surface area (Å²) in [6.45, 7) is 3.71. The van der Waals surface area contributed by atoms with Crippen LogP contribution in [0.15, 0.2) is 71.8 Å². The lowest BCUT2D eigenvalue weighted by molar-refractivity contribution is 0.191. The minimum Gasteiger partial charge on any atom is -0.371 e. The fraction of sp³-hybridized carbons (Fsp3) is 0.469. The summed E-state index contributed by atoms with van der Waals surface area (Å²) in [5, 5.41) is 3.80. The van der Waals surface area contributed by atoms with Crippen molar-refractivity contribution in [1.82, 2.24) is 15.2 Å². The number of hydrogen-bond donors (Lipinski definition) is 1. The van der Waals surface area contributed by atoms with Crippen LogP contribution in [0.4, 0.5) is 5.69 Å². The van der Waals surface area contributed by atoms with Crippen LogP contribution in [0, 0.1) is 5.92 Å². The quantitative estimate of drug-likeness (QED) is 0.461. The third-order valence-electron chi connectivity index (χ3n) is 9.00. The van der Waals surface area contributed by atoms with Gasteiger partial charge in [0.15, 0.2) is 9.84 Å². The highest BCUT2D eigenvalue weighted by Crippen LogP contribution is 2.35. The van der Waals surface area contributed by atoms with Gasteiger partial charge in [-0.25, -0.2) is 8.42 Å². The van der Waals surface area contributed by atoms with Gasteiger partial charge in [-0.3, -0.25) is 9.88 Å². The van der Waals surface area contributed by atoms with E-state index in [-0.39, 0.29) is 11.7 Å². The molecule has 2 atom stereocenters. The number of pyridine rings is 1. The van der Waals surface area contributed by atoms with Gasteiger partial charge in [-0.2, -0.15) is 0 Å². The van der Waals surface area contributed by atoms with Gasteiger partial charge < -0.3 is 10.2 Å². The number of fused-ring (bicyclic) bond motifs is 2. The van der Waals surface area contributed by atoms with Crippen LogP contribution in [-0.4, -0.2) is 56.8 Å². The molecule has 1 saturated heterocycles. The maximum atomic E-state index is 12.9. The number of piperidine rings is 1. The van der Waals surface area contributed by atoms with E-state index in [4.69, 9.17) is 4.98 Å². The molecule has 1 fully saturated rings. The van der Waals surface area contributed by atoms with E-state index in [0.717, 1.165) is 51.9 Å². The zero-order valence-electron chi connectivity index (χ0n) is 22.9. The molecule has 0 spiro atoms. The molecule has 39 heavy (non-hydrogen) atoms. The smallest absolute Gasteiger partial charge is 0.178 e. The molecule has 0 saturated carbocycles. The van der Waals surface area contributed by atoms with Crippen LogP contribution >= 0.6 is 0 Å². The molecule has 1 N–H and O–H groups in total. The first-order chi connectivity index (χ1) is 19.0. The summed E-state index contributed by atoms with van der Waals surface area (Å²) < 4.78 is 25.8. The molecular formula is C32H40N4O2S. The summed E-state index contributed by atoms with van der Waals surface area (Å²) in [4.78, 5) is 10.2. The highest BCUT2D eigenvalue weighted by molar-refractivity contribution is 7.91. The number of aromatic nitrogens is 1. The average Bonchev–Trinajstić information content (AvgIpc) is 2.97. The zero-order chi connectivity index (χ0) is 26.8. The van der Waals surface area contributed by atoms with Gasteiger partial charge in [-0.1, -0.05) is 36.4 Å². The monoisotopic (exact) mass is 544 g/mol. The lowest BCUT2D eigenvalue weighted by atomic mass is 9.89. The van der Waals surface area contributed by atoms with Crippen molar-refractivity contribution in [2.24, 2.45) is 5.92 Å². The van der Waals surface area contributed by atoms with Crippen LogP contribution in [0.3, 0.4) is 0 Å². The van der Waals surface area contributed by atoms with E-state index in [0.29, 0.717) is 17.0 Å². The Labute approximate surface area is 233 Å². The SMILES string of the molecule is CN(C[C@@H]1Cc2c(cccc2N2CCC(CS(=O)(=O)c3ccccc3)CC2)CN1)[C@H]1CCCc2cccnc21. The van der Waals surface area contributed by atoms with Crippen molar-refractivity contribution >= 4 is 15.5 Å². The number of benzene rings is 2. The number of rotatable bonds is 7. The first-order valence-corrected chi connectivity index (χ1v) is 16.1. The molecule has 6 rings (SSSR count). The van der Waals surface area contributed by atoms with Crippen LogP contribution in [-0.2, 0) is 29.2 Å². The summed E-state index contributed by atoms with van der Waals surface area (Å²) >= 11 is 0. The predicted octanol–water partition coefficient (Wildman–Crippen LogP) is 4.80. The lowest BCUT2D eigenvalue weighted by Crippen LogP contribution is -2.46. The predicted molar refractivity (Wildman–Crippen MR) is 157 cm³/mol. The number of hydrogen-bond acceptors (Lipinski definition) is 6. The van der Waals surface area contributed by atoms with E-state index in [1.807, 2.05) is 12.3 Å². The number of nitrogens with zero attached hydrogens (tertiary/aromatic N) is 3. The molecule has 1 aliphatic carbocycles. The fourth-order valence-corrected chi connectivity index (χ4v) is 8.60. The van der Waals surface area contributed by atoms with Crippen molar-refractivity contribution in [2.45, 2.75) is 62.0 Å². The van der Waals surface area contributed by atoms with Gasteiger partial charge in [-0.15, -0.1) is 0 Å². The van der Waals surface area contributed by atoms with Crippen molar-refractivity contribution in [3.8, 4) is 0 Å². The molecular weight excluding hydrogens is 504 g/mol. The Bertz CT molecular complexity index is 1390. The topological polar surface area (TPSA) is 65.5 Å². The Morgan fingerprint density at radius 3 is 2.59 bits per heavy atom. The van der Waals surface area contributed by atoms with Gasteiger partial charge in [0, 0.05) is 44.1 Å². The number of sulfone groups is 1. The minimum atomic E-state index is -3.24. The molecule has 2 aliphatic heterocycles. The highest BCUT2D eigenvalue weighted by atomic mass is 32.2. The summed E-state index contributed by atoms with van der Waals surface area (Å²) in [6.07, 6.45) is 8.31. The van der Waals surface area contributed by atoms with E-state index >= 15 is 0 Å². The molecule has 2 aromatic carbocycles. The minimum absolute atomic E-state index is 0.209. The third-order valence-corrected chi connectivity index (χ3v) is 10.9. The Morgan fingerprint density at radius 2 is 1.77 bits per heavy atom. The second kappa shape index (κ2) is 11.4. The van der Waals surface area contributed by atoms with Crippen molar-refractivity contribution in [3.63, 3.8) is 0 Å². The Kier molecular flexibility index (Phi) is 7.74. The molecule has 6 nitrogen and oxygen atoms in total. The molecule has 0 unspecified atom stereocenters. The van der Waals surface area contributed by atoms with Gasteiger partial charge in [0.05, 0.1) is 22.4 Å². The van der Waals surface area contributed by atoms with Gasteiger partial charge >= 0.3 is 0 Å². The maximum Gasteiger partial charge on any atom is 0.178 e. The molecule has 0 radical (unpaired) electrons. The van der Waals surface area contributed by atoms with E-state index < -0.39 is 9.84 Å². The third kappa shape index (κ3) is 5.76. The first-order valence-electron chi connectivity index (χ1n) is 14.5. The number of aryl methyl sites for hydroxylation is 1. The molecule has 0 bridgehead atoms. The molecule has 0 amide bonds. The van der Waals surface area contributed by atoms with Crippen LogP contribution in [0.1, 0.15) is 54.1 Å². The summed E-state index contributed by atoms with van der Waals surface area (Å²) in [6, 6.07) is 20.7. The van der Waals surface area contributed by atoms with Gasteiger partial charge in [-0.05, 0) is 92.4 Å². The van der Waals surface area contributed by atoms with Gasteiger partial charge in [0.1, 0.15) is 0 Å². The van der Waals surface area contributed by atoms with Crippen molar-refractivity contribution in [3.05, 3.63) is 89.2 Å². The Balaban J connectivity index is 1.10. The lowest BCUT2D eigenvalue weighted by Gasteiger charge is -2.39. The Hall–Kier alpha value is -2.74. The van der Waals surface area contributed by atoms with Gasteiger partial charge in [0.25, 0.3) is 0 Å². The second-order valence-electron chi connectivity index (χ2n) is 11.6. The van der Waals surface area contributed by atoms with Crippen LogP contribution in [0.25, 0.3) is 0 Å². The highest BCUT2D eigenvalue weighted by Gasteiger charge is 2.31. The maximum absolute atomic E-state index is 12.9.